The van der Waals surface area contributed by atoms with Gasteiger partial charge in [-0.25, -0.2) is 0 Å². The molecule has 1 unspecified atom stereocenters. The van der Waals surface area contributed by atoms with Crippen LogP contribution >= 0.6 is 0 Å². The second-order valence-corrected chi connectivity index (χ2v) is 4.29. The summed E-state index contributed by atoms with van der Waals surface area (Å²) in [5.74, 6) is 1.08. The van der Waals surface area contributed by atoms with Gasteiger partial charge in [-0.15, -0.1) is 0 Å². The number of hydrogen-bond acceptors (Lipinski definition) is 2. The molecule has 0 heterocycles. The van der Waals surface area contributed by atoms with Gasteiger partial charge in [0.1, 0.15) is 0 Å². The Hall–Kier alpha value is -1.03. The Bertz CT molecular complexity index is 243. The summed E-state index contributed by atoms with van der Waals surface area (Å²) in [6.45, 7) is 5.75. The molecule has 1 aliphatic carbocycles. The van der Waals surface area contributed by atoms with Crippen molar-refractivity contribution in [2.24, 2.45) is 10.9 Å². The predicted molar refractivity (Wildman–Crippen MR) is 67.5 cm³/mol. The third-order valence-electron chi connectivity index (χ3n) is 2.57. The Morgan fingerprint density at radius 1 is 1.50 bits per heavy atom. The summed E-state index contributed by atoms with van der Waals surface area (Å²) in [6.07, 6.45) is 6.52. The zero-order chi connectivity index (χ0) is 11.8. The van der Waals surface area contributed by atoms with Crippen LogP contribution in [0.4, 0.5) is 0 Å². The first kappa shape index (κ1) is 13.0. The van der Waals surface area contributed by atoms with Crippen LogP contribution < -0.4 is 10.6 Å². The average molecular weight is 225 g/mol. The van der Waals surface area contributed by atoms with Crippen molar-refractivity contribution in [3.8, 4) is 0 Å². The standard InChI is InChI=1S/C12H23N3O/c1-3-13-12(14-8-10(2)9-16)15-11-6-4-5-7-11/h4-5,10-11,16H,3,6-9H2,1-2H3,(H2,13,14,15). The Labute approximate surface area is 97.8 Å². The summed E-state index contributed by atoms with van der Waals surface area (Å²) in [5.41, 5.74) is 0. The number of aliphatic hydroxyl groups is 1. The minimum Gasteiger partial charge on any atom is -0.396 e. The molecular weight excluding hydrogens is 202 g/mol. The molecule has 1 aliphatic rings. The van der Waals surface area contributed by atoms with E-state index in [9.17, 15) is 0 Å². The van der Waals surface area contributed by atoms with E-state index in [2.05, 4.69) is 34.7 Å². The SMILES string of the molecule is CCNC(=NCC(C)CO)NC1CC=CC1. The molecule has 0 amide bonds. The Kier molecular flexibility index (Phi) is 5.93. The molecule has 0 aromatic carbocycles. The molecule has 0 saturated carbocycles. The summed E-state index contributed by atoms with van der Waals surface area (Å²) in [6, 6.07) is 0.474. The first-order chi connectivity index (χ1) is 7.76. The van der Waals surface area contributed by atoms with Gasteiger partial charge < -0.3 is 15.7 Å². The Morgan fingerprint density at radius 2 is 2.19 bits per heavy atom. The number of guanidine groups is 1. The topological polar surface area (TPSA) is 56.7 Å². The summed E-state index contributed by atoms with van der Waals surface area (Å²) >= 11 is 0. The van der Waals surface area contributed by atoms with Crippen molar-refractivity contribution in [1.82, 2.24) is 10.6 Å². The maximum absolute atomic E-state index is 8.94. The third-order valence-corrected chi connectivity index (χ3v) is 2.57. The first-order valence-electron chi connectivity index (χ1n) is 6.07. The van der Waals surface area contributed by atoms with Gasteiger partial charge in [-0.1, -0.05) is 19.1 Å². The van der Waals surface area contributed by atoms with Gasteiger partial charge in [-0.3, -0.25) is 4.99 Å². The maximum Gasteiger partial charge on any atom is 0.191 e. The predicted octanol–water partition coefficient (Wildman–Crippen LogP) is 0.889. The summed E-state index contributed by atoms with van der Waals surface area (Å²) in [7, 11) is 0. The molecule has 4 heteroatoms. The fourth-order valence-corrected chi connectivity index (χ4v) is 1.55. The second kappa shape index (κ2) is 7.28. The van der Waals surface area contributed by atoms with Crippen LogP contribution in [0.25, 0.3) is 0 Å². The van der Waals surface area contributed by atoms with E-state index in [1.165, 1.54) is 0 Å². The van der Waals surface area contributed by atoms with E-state index in [4.69, 9.17) is 5.11 Å². The van der Waals surface area contributed by atoms with Crippen molar-refractivity contribution in [3.63, 3.8) is 0 Å². The van der Waals surface area contributed by atoms with E-state index in [0.29, 0.717) is 12.6 Å². The zero-order valence-corrected chi connectivity index (χ0v) is 10.2. The zero-order valence-electron chi connectivity index (χ0n) is 10.2. The van der Waals surface area contributed by atoms with Gasteiger partial charge >= 0.3 is 0 Å². The van der Waals surface area contributed by atoms with Gasteiger partial charge in [-0.05, 0) is 25.7 Å². The quantitative estimate of drug-likeness (QED) is 0.370. The van der Waals surface area contributed by atoms with Gasteiger partial charge in [0.15, 0.2) is 5.96 Å². The number of aliphatic hydroxyl groups excluding tert-OH is 1. The normalized spacial score (nSPS) is 18.8. The van der Waals surface area contributed by atoms with E-state index >= 15 is 0 Å². The lowest BCUT2D eigenvalue weighted by Crippen LogP contribution is -2.42. The van der Waals surface area contributed by atoms with Gasteiger partial charge in [0.05, 0.1) is 0 Å². The summed E-state index contributed by atoms with van der Waals surface area (Å²) in [5, 5.41) is 15.6. The molecule has 1 atom stereocenters. The van der Waals surface area contributed by atoms with Gasteiger partial charge in [0.25, 0.3) is 0 Å². The molecule has 0 fully saturated rings. The minimum absolute atomic E-state index is 0.188. The van der Waals surface area contributed by atoms with Crippen molar-refractivity contribution in [2.75, 3.05) is 19.7 Å². The van der Waals surface area contributed by atoms with Crippen molar-refractivity contribution in [2.45, 2.75) is 32.7 Å². The number of aliphatic imine (C=N–C) groups is 1. The third kappa shape index (κ3) is 4.66. The molecule has 92 valence electrons. The summed E-state index contributed by atoms with van der Waals surface area (Å²) < 4.78 is 0. The van der Waals surface area contributed by atoms with E-state index < -0.39 is 0 Å². The molecule has 0 aliphatic heterocycles. The van der Waals surface area contributed by atoms with Crippen LogP contribution in [0, 0.1) is 5.92 Å². The number of hydrogen-bond donors (Lipinski definition) is 3. The van der Waals surface area contributed by atoms with E-state index in [0.717, 1.165) is 25.3 Å². The lowest BCUT2D eigenvalue weighted by molar-refractivity contribution is 0.241. The van der Waals surface area contributed by atoms with Crippen LogP contribution in [0.15, 0.2) is 17.1 Å². The van der Waals surface area contributed by atoms with Crippen LogP contribution in [-0.2, 0) is 0 Å². The fourth-order valence-electron chi connectivity index (χ4n) is 1.55. The molecular formula is C12H23N3O. The van der Waals surface area contributed by atoms with E-state index in [1.807, 2.05) is 6.92 Å². The lowest BCUT2D eigenvalue weighted by atomic mass is 10.2. The minimum atomic E-state index is 0.188. The smallest absolute Gasteiger partial charge is 0.191 e. The lowest BCUT2D eigenvalue weighted by Gasteiger charge is -2.17. The van der Waals surface area contributed by atoms with Crippen LogP contribution in [0.2, 0.25) is 0 Å². The molecule has 0 saturated heterocycles. The monoisotopic (exact) mass is 225 g/mol. The van der Waals surface area contributed by atoms with Crippen LogP contribution in [0.3, 0.4) is 0 Å². The first-order valence-corrected chi connectivity index (χ1v) is 6.07. The molecule has 0 bridgehead atoms. The average Bonchev–Trinajstić information content (AvgIpc) is 2.78. The molecule has 1 rings (SSSR count). The largest absolute Gasteiger partial charge is 0.396 e. The highest BCUT2D eigenvalue weighted by Crippen LogP contribution is 2.08. The van der Waals surface area contributed by atoms with Crippen LogP contribution in [0.5, 0.6) is 0 Å². The van der Waals surface area contributed by atoms with Crippen molar-refractivity contribution < 1.29 is 5.11 Å². The Morgan fingerprint density at radius 3 is 2.75 bits per heavy atom. The molecule has 4 nitrogen and oxygen atoms in total. The van der Waals surface area contributed by atoms with Gasteiger partial charge in [0.2, 0.25) is 0 Å². The molecule has 0 aromatic rings. The highest BCUT2D eigenvalue weighted by atomic mass is 16.3. The van der Waals surface area contributed by atoms with E-state index in [1.54, 1.807) is 0 Å². The second-order valence-electron chi connectivity index (χ2n) is 4.29. The highest BCUT2D eigenvalue weighted by Gasteiger charge is 2.11. The van der Waals surface area contributed by atoms with Crippen LogP contribution in [-0.4, -0.2) is 36.8 Å². The fraction of sp³-hybridized carbons (Fsp3) is 0.750. The van der Waals surface area contributed by atoms with Crippen LogP contribution in [0.1, 0.15) is 26.7 Å². The van der Waals surface area contributed by atoms with Crippen molar-refractivity contribution in [3.05, 3.63) is 12.2 Å². The molecule has 0 radical (unpaired) electrons. The molecule has 0 aromatic heterocycles. The Balaban J connectivity index is 2.39. The molecule has 3 N–H and O–H groups in total. The number of nitrogens with zero attached hydrogens (tertiary/aromatic N) is 1. The number of rotatable bonds is 5. The summed E-state index contributed by atoms with van der Waals surface area (Å²) in [4.78, 5) is 4.45. The maximum atomic E-state index is 8.94. The van der Waals surface area contributed by atoms with Gasteiger partial charge in [-0.2, -0.15) is 0 Å². The van der Waals surface area contributed by atoms with Crippen molar-refractivity contribution >= 4 is 5.96 Å². The number of nitrogens with one attached hydrogen (secondary N) is 2. The van der Waals surface area contributed by atoms with E-state index in [-0.39, 0.29) is 12.5 Å². The molecule has 16 heavy (non-hydrogen) atoms. The highest BCUT2D eigenvalue weighted by molar-refractivity contribution is 5.80. The van der Waals surface area contributed by atoms with Crippen molar-refractivity contribution in [1.29, 1.82) is 0 Å². The molecule has 0 spiro atoms. The van der Waals surface area contributed by atoms with Gasteiger partial charge in [0, 0.05) is 25.7 Å².